The molecule has 134 valence electrons. The Kier molecular flexibility index (Phi) is 5.37. The normalized spacial score (nSPS) is 15.2. The molecule has 1 aliphatic carbocycles. The molecule has 2 aromatic carbocycles. The monoisotopic (exact) mass is 352 g/mol. The largest absolute Gasteiger partial charge is 0.482 e. The summed E-state index contributed by atoms with van der Waals surface area (Å²) in [5.74, 6) is -0.544. The van der Waals surface area contributed by atoms with Crippen molar-refractivity contribution in [3.05, 3.63) is 42.5 Å². The van der Waals surface area contributed by atoms with Gasteiger partial charge in [0.1, 0.15) is 11.3 Å². The second-order valence-electron chi connectivity index (χ2n) is 6.41. The predicted molar refractivity (Wildman–Crippen MR) is 95.4 cm³/mol. The number of rotatable bonds is 6. The number of ether oxygens (including phenoxy) is 2. The van der Waals surface area contributed by atoms with E-state index in [9.17, 15) is 14.9 Å². The second kappa shape index (κ2) is 7.87. The summed E-state index contributed by atoms with van der Waals surface area (Å²) in [7, 11) is 0. The molecule has 1 amide bonds. The average molecular weight is 352 g/mol. The molecule has 0 aliphatic heterocycles. The van der Waals surface area contributed by atoms with Gasteiger partial charge in [-0.15, -0.1) is 0 Å². The van der Waals surface area contributed by atoms with E-state index in [1.54, 1.807) is 6.07 Å². The lowest BCUT2D eigenvalue weighted by molar-refractivity contribution is -0.150. The zero-order chi connectivity index (χ0) is 18.4. The maximum Gasteiger partial charge on any atom is 0.344 e. The Labute approximate surface area is 151 Å². The standard InChI is InChI=1S/C20H20N2O4/c21-14-20(9-3-4-10-20)22-18(23)12-26-19(24)13-25-17-8-7-15-5-1-2-6-16(15)11-17/h1-2,5-8,11H,3-4,9-10,12-13H2,(H,22,23). The van der Waals surface area contributed by atoms with E-state index in [0.29, 0.717) is 18.6 Å². The fourth-order valence-corrected chi connectivity index (χ4v) is 3.13. The van der Waals surface area contributed by atoms with Crippen LogP contribution in [0.2, 0.25) is 0 Å². The van der Waals surface area contributed by atoms with Crippen LogP contribution in [-0.2, 0) is 14.3 Å². The first-order chi connectivity index (χ1) is 12.6. The summed E-state index contributed by atoms with van der Waals surface area (Å²) in [5.41, 5.74) is -0.814. The topological polar surface area (TPSA) is 88.4 Å². The molecular weight excluding hydrogens is 332 g/mol. The third-order valence-electron chi connectivity index (χ3n) is 4.49. The third-order valence-corrected chi connectivity index (χ3v) is 4.49. The van der Waals surface area contributed by atoms with Crippen LogP contribution >= 0.6 is 0 Å². The van der Waals surface area contributed by atoms with Crippen LogP contribution in [0.4, 0.5) is 0 Å². The quantitative estimate of drug-likeness (QED) is 0.808. The van der Waals surface area contributed by atoms with Gasteiger partial charge in [0.2, 0.25) is 0 Å². The number of nitriles is 1. The number of nitrogens with one attached hydrogen (secondary N) is 1. The van der Waals surface area contributed by atoms with Gasteiger partial charge in [0.05, 0.1) is 6.07 Å². The minimum Gasteiger partial charge on any atom is -0.482 e. The van der Waals surface area contributed by atoms with Crippen molar-refractivity contribution in [2.24, 2.45) is 0 Å². The minimum atomic E-state index is -0.814. The third kappa shape index (κ3) is 4.31. The highest BCUT2D eigenvalue weighted by molar-refractivity contribution is 5.84. The molecule has 0 spiro atoms. The summed E-state index contributed by atoms with van der Waals surface area (Å²) in [6.45, 7) is -0.696. The van der Waals surface area contributed by atoms with Gasteiger partial charge in [-0.25, -0.2) is 4.79 Å². The van der Waals surface area contributed by atoms with Gasteiger partial charge in [0, 0.05) is 0 Å². The maximum absolute atomic E-state index is 11.9. The minimum absolute atomic E-state index is 0.283. The van der Waals surface area contributed by atoms with Crippen molar-refractivity contribution in [1.82, 2.24) is 5.32 Å². The number of hydrogen-bond donors (Lipinski definition) is 1. The van der Waals surface area contributed by atoms with E-state index in [2.05, 4.69) is 11.4 Å². The Hall–Kier alpha value is -3.07. The molecule has 0 saturated heterocycles. The van der Waals surface area contributed by atoms with Crippen molar-refractivity contribution < 1.29 is 19.1 Å². The number of amides is 1. The molecule has 0 unspecified atom stereocenters. The van der Waals surface area contributed by atoms with Gasteiger partial charge in [-0.05, 0) is 48.6 Å². The molecular formula is C20H20N2O4. The Morgan fingerprint density at radius 3 is 2.54 bits per heavy atom. The van der Waals surface area contributed by atoms with Crippen molar-refractivity contribution in [1.29, 1.82) is 5.26 Å². The van der Waals surface area contributed by atoms with E-state index >= 15 is 0 Å². The highest BCUT2D eigenvalue weighted by atomic mass is 16.6. The summed E-state index contributed by atoms with van der Waals surface area (Å²) >= 11 is 0. The summed E-state index contributed by atoms with van der Waals surface area (Å²) in [4.78, 5) is 23.7. The molecule has 0 aromatic heterocycles. The highest BCUT2D eigenvalue weighted by Crippen LogP contribution is 2.28. The van der Waals surface area contributed by atoms with Gasteiger partial charge >= 0.3 is 5.97 Å². The number of fused-ring (bicyclic) bond motifs is 1. The Bertz CT molecular complexity index is 850. The summed E-state index contributed by atoms with van der Waals surface area (Å²) < 4.78 is 10.4. The van der Waals surface area contributed by atoms with E-state index in [1.807, 2.05) is 36.4 Å². The fraction of sp³-hybridized carbons (Fsp3) is 0.350. The van der Waals surface area contributed by atoms with Crippen LogP contribution in [0.3, 0.4) is 0 Å². The van der Waals surface area contributed by atoms with Gasteiger partial charge < -0.3 is 14.8 Å². The number of benzene rings is 2. The first-order valence-corrected chi connectivity index (χ1v) is 8.60. The van der Waals surface area contributed by atoms with Crippen molar-refractivity contribution in [3.63, 3.8) is 0 Å². The van der Waals surface area contributed by atoms with Gasteiger partial charge in [0.25, 0.3) is 5.91 Å². The smallest absolute Gasteiger partial charge is 0.344 e. The van der Waals surface area contributed by atoms with Gasteiger partial charge in [-0.3, -0.25) is 4.79 Å². The molecule has 0 atom stereocenters. The molecule has 6 heteroatoms. The first-order valence-electron chi connectivity index (χ1n) is 8.60. The first kappa shape index (κ1) is 17.7. The van der Waals surface area contributed by atoms with E-state index in [-0.39, 0.29) is 6.61 Å². The molecule has 26 heavy (non-hydrogen) atoms. The van der Waals surface area contributed by atoms with Gasteiger partial charge in [0.15, 0.2) is 13.2 Å². The van der Waals surface area contributed by atoms with Crippen molar-refractivity contribution in [2.75, 3.05) is 13.2 Å². The van der Waals surface area contributed by atoms with Crippen LogP contribution in [0.5, 0.6) is 5.75 Å². The van der Waals surface area contributed by atoms with Crippen molar-refractivity contribution in [2.45, 2.75) is 31.2 Å². The molecule has 6 nitrogen and oxygen atoms in total. The Balaban J connectivity index is 1.45. The molecule has 1 aliphatic rings. The van der Waals surface area contributed by atoms with E-state index in [4.69, 9.17) is 9.47 Å². The van der Waals surface area contributed by atoms with E-state index < -0.39 is 24.0 Å². The SMILES string of the molecule is N#CC1(NC(=O)COC(=O)COc2ccc3ccccc3c2)CCCC1. The molecule has 3 rings (SSSR count). The second-order valence-corrected chi connectivity index (χ2v) is 6.41. The van der Waals surface area contributed by atoms with Crippen LogP contribution in [0.1, 0.15) is 25.7 Å². The molecule has 2 aromatic rings. The zero-order valence-corrected chi connectivity index (χ0v) is 14.4. The van der Waals surface area contributed by atoms with Crippen LogP contribution < -0.4 is 10.1 Å². The van der Waals surface area contributed by atoms with Gasteiger partial charge in [-0.1, -0.05) is 30.3 Å². The van der Waals surface area contributed by atoms with Crippen LogP contribution in [0.25, 0.3) is 10.8 Å². The number of esters is 1. The highest BCUT2D eigenvalue weighted by Gasteiger charge is 2.35. The number of carbonyl (C=O) groups excluding carboxylic acids is 2. The number of hydrogen-bond acceptors (Lipinski definition) is 5. The van der Waals surface area contributed by atoms with Crippen LogP contribution in [-0.4, -0.2) is 30.6 Å². The van der Waals surface area contributed by atoms with Crippen LogP contribution in [0, 0.1) is 11.3 Å². The number of carbonyl (C=O) groups is 2. The lowest BCUT2D eigenvalue weighted by atomic mass is 10.00. The van der Waals surface area contributed by atoms with Crippen molar-refractivity contribution in [3.8, 4) is 11.8 Å². The lowest BCUT2D eigenvalue weighted by Gasteiger charge is -2.21. The van der Waals surface area contributed by atoms with E-state index in [0.717, 1.165) is 23.6 Å². The van der Waals surface area contributed by atoms with Crippen LogP contribution in [0.15, 0.2) is 42.5 Å². The summed E-state index contributed by atoms with van der Waals surface area (Å²) in [6, 6.07) is 15.5. The maximum atomic E-state index is 11.9. The fourth-order valence-electron chi connectivity index (χ4n) is 3.13. The zero-order valence-electron chi connectivity index (χ0n) is 14.4. The summed E-state index contributed by atoms with van der Waals surface area (Å²) in [6.07, 6.45) is 3.09. The average Bonchev–Trinajstić information content (AvgIpc) is 3.13. The molecule has 0 bridgehead atoms. The van der Waals surface area contributed by atoms with E-state index in [1.165, 1.54) is 0 Å². The molecule has 0 radical (unpaired) electrons. The lowest BCUT2D eigenvalue weighted by Crippen LogP contribution is -2.46. The Morgan fingerprint density at radius 1 is 1.08 bits per heavy atom. The molecule has 1 fully saturated rings. The van der Waals surface area contributed by atoms with Gasteiger partial charge in [-0.2, -0.15) is 5.26 Å². The Morgan fingerprint density at radius 2 is 1.81 bits per heavy atom. The molecule has 1 N–H and O–H groups in total. The molecule has 0 heterocycles. The van der Waals surface area contributed by atoms with Crippen molar-refractivity contribution >= 4 is 22.6 Å². The number of nitrogens with zero attached hydrogens (tertiary/aromatic N) is 1. The molecule has 1 saturated carbocycles. The predicted octanol–water partition coefficient (Wildman–Crippen LogP) is 2.71. The summed E-state index contributed by atoms with van der Waals surface area (Å²) in [5, 5.41) is 14.0.